The maximum atomic E-state index is 13.4. The number of aromatic nitrogens is 1. The van der Waals surface area contributed by atoms with Crippen LogP contribution in [0.3, 0.4) is 0 Å². The van der Waals surface area contributed by atoms with Crippen LogP contribution in [-0.2, 0) is 4.79 Å². The minimum absolute atomic E-state index is 0.132. The van der Waals surface area contributed by atoms with Crippen molar-refractivity contribution in [1.29, 1.82) is 0 Å². The third-order valence-corrected chi connectivity index (χ3v) is 6.72. The Morgan fingerprint density at radius 2 is 1.79 bits per heavy atom. The van der Waals surface area contributed by atoms with E-state index in [0.717, 1.165) is 34.5 Å². The highest BCUT2D eigenvalue weighted by Gasteiger charge is 2.41. The van der Waals surface area contributed by atoms with Gasteiger partial charge in [0.1, 0.15) is 0 Å². The van der Waals surface area contributed by atoms with Gasteiger partial charge in [-0.1, -0.05) is 47.6 Å². The molecule has 0 bridgehead atoms. The van der Waals surface area contributed by atoms with E-state index in [0.29, 0.717) is 12.3 Å². The Kier molecular flexibility index (Phi) is 4.55. The average molecular weight is 403 g/mol. The van der Waals surface area contributed by atoms with E-state index >= 15 is 0 Å². The summed E-state index contributed by atoms with van der Waals surface area (Å²) in [4.78, 5) is 14.6. The normalized spacial score (nSPS) is 20.8. The predicted molar refractivity (Wildman–Crippen MR) is 115 cm³/mol. The topological polar surface area (TPSA) is 55.1 Å². The highest BCUT2D eigenvalue weighted by atomic mass is 32.2. The van der Waals surface area contributed by atoms with Crippen LogP contribution in [0.4, 0.5) is 5.88 Å². The monoisotopic (exact) mass is 402 g/mol. The van der Waals surface area contributed by atoms with Gasteiger partial charge in [0.25, 0.3) is 0 Å². The van der Waals surface area contributed by atoms with Crippen LogP contribution in [-0.4, -0.2) is 17.2 Å². The summed E-state index contributed by atoms with van der Waals surface area (Å²) in [5, 5.41) is 7.59. The lowest BCUT2D eigenvalue weighted by Crippen LogP contribution is -2.29. The van der Waals surface area contributed by atoms with Gasteiger partial charge in [0, 0.05) is 28.5 Å². The Bertz CT molecular complexity index is 1100. The lowest BCUT2D eigenvalue weighted by Gasteiger charge is -2.34. The van der Waals surface area contributed by atoms with Gasteiger partial charge < -0.3 is 9.84 Å². The first-order valence-electron chi connectivity index (χ1n) is 9.84. The predicted octanol–water partition coefficient (Wildman–Crippen LogP) is 5.66. The molecular formula is C24H22N2O2S. The van der Waals surface area contributed by atoms with Crippen LogP contribution in [0, 0.1) is 6.92 Å². The summed E-state index contributed by atoms with van der Waals surface area (Å²) in [6, 6.07) is 18.8. The second-order valence-electron chi connectivity index (χ2n) is 7.67. The molecule has 1 aliphatic carbocycles. The maximum Gasteiger partial charge on any atom is 0.233 e. The Hall–Kier alpha value is -2.79. The van der Waals surface area contributed by atoms with E-state index < -0.39 is 0 Å². The van der Waals surface area contributed by atoms with Gasteiger partial charge in [-0.15, -0.1) is 11.8 Å². The lowest BCUT2D eigenvalue weighted by atomic mass is 9.72. The second-order valence-corrected chi connectivity index (χ2v) is 8.55. The second kappa shape index (κ2) is 7.23. The molecule has 0 radical (unpaired) electrons. The molecule has 0 saturated carbocycles. The molecule has 1 aliphatic heterocycles. The van der Waals surface area contributed by atoms with Gasteiger partial charge in [-0.3, -0.25) is 4.79 Å². The number of ketones is 1. The summed E-state index contributed by atoms with van der Waals surface area (Å²) >= 11 is 1.71. The van der Waals surface area contributed by atoms with Crippen LogP contribution < -0.4 is 5.32 Å². The van der Waals surface area contributed by atoms with Gasteiger partial charge >= 0.3 is 0 Å². The van der Waals surface area contributed by atoms with E-state index in [1.807, 2.05) is 25.1 Å². The molecule has 3 aromatic rings. The molecule has 0 fully saturated rings. The molecule has 2 atom stereocenters. The van der Waals surface area contributed by atoms with Gasteiger partial charge in [0.2, 0.25) is 5.88 Å². The number of Topliss-reactive ketones (excluding diaryl/α,β-unsaturated/α-hetero) is 1. The number of allylic oxidation sites excluding steroid dienone is 2. The molecule has 146 valence electrons. The Balaban J connectivity index is 1.61. The van der Waals surface area contributed by atoms with E-state index in [9.17, 15) is 4.79 Å². The molecule has 0 saturated heterocycles. The van der Waals surface area contributed by atoms with E-state index in [1.54, 1.807) is 11.8 Å². The van der Waals surface area contributed by atoms with E-state index in [2.05, 4.69) is 53.1 Å². The van der Waals surface area contributed by atoms with Gasteiger partial charge in [-0.2, -0.15) is 0 Å². The molecule has 0 unspecified atom stereocenters. The summed E-state index contributed by atoms with van der Waals surface area (Å²) in [6.45, 7) is 1.94. The van der Waals surface area contributed by atoms with E-state index in [-0.39, 0.29) is 17.6 Å². The van der Waals surface area contributed by atoms with Gasteiger partial charge in [-0.05, 0) is 48.8 Å². The molecule has 1 N–H and O–H groups in total. The molecular weight excluding hydrogens is 380 g/mol. The molecule has 0 amide bonds. The first-order chi connectivity index (χ1) is 14.2. The molecule has 5 heteroatoms. The van der Waals surface area contributed by atoms with Crippen LogP contribution in [0.5, 0.6) is 0 Å². The number of carbonyl (C=O) groups is 1. The van der Waals surface area contributed by atoms with Crippen LogP contribution >= 0.6 is 11.8 Å². The highest BCUT2D eigenvalue weighted by molar-refractivity contribution is 7.98. The number of rotatable bonds is 3. The molecule has 2 heterocycles. The number of anilines is 1. The molecule has 5 rings (SSSR count). The number of hydrogen-bond acceptors (Lipinski definition) is 5. The van der Waals surface area contributed by atoms with Crippen LogP contribution in [0.25, 0.3) is 0 Å². The summed E-state index contributed by atoms with van der Waals surface area (Å²) in [7, 11) is 0. The van der Waals surface area contributed by atoms with Crippen molar-refractivity contribution in [2.75, 3.05) is 11.6 Å². The Labute approximate surface area is 174 Å². The Morgan fingerprint density at radius 3 is 2.52 bits per heavy atom. The number of thioether (sulfide) groups is 1. The smallest absolute Gasteiger partial charge is 0.233 e. The number of fused-ring (bicyclic) bond motifs is 1. The molecule has 2 aromatic carbocycles. The number of nitrogens with one attached hydrogen (secondary N) is 1. The zero-order chi connectivity index (χ0) is 20.0. The van der Waals surface area contributed by atoms with Crippen LogP contribution in [0.2, 0.25) is 0 Å². The number of benzene rings is 2. The molecule has 0 spiro atoms. The fourth-order valence-corrected chi connectivity index (χ4v) is 4.97. The summed E-state index contributed by atoms with van der Waals surface area (Å²) in [5.74, 6) is 0.923. The average Bonchev–Trinajstić information content (AvgIpc) is 3.13. The SMILES string of the molecule is CSc1ccc([C@H]2C3=C(C[C@@H](c4ccccc4)CC3=O)Nc3onc(C)c32)cc1. The van der Waals surface area contributed by atoms with Crippen molar-refractivity contribution in [1.82, 2.24) is 5.16 Å². The van der Waals surface area contributed by atoms with Crippen molar-refractivity contribution in [3.8, 4) is 0 Å². The van der Waals surface area contributed by atoms with Crippen molar-refractivity contribution >= 4 is 23.4 Å². The van der Waals surface area contributed by atoms with Crippen molar-refractivity contribution in [2.45, 2.75) is 36.5 Å². The summed E-state index contributed by atoms with van der Waals surface area (Å²) in [5.41, 5.74) is 5.96. The first kappa shape index (κ1) is 18.3. The minimum Gasteiger partial charge on any atom is -0.338 e. The molecule has 2 aliphatic rings. The fraction of sp³-hybridized carbons (Fsp3) is 0.250. The van der Waals surface area contributed by atoms with Gasteiger partial charge in [0.15, 0.2) is 5.78 Å². The lowest BCUT2D eigenvalue weighted by molar-refractivity contribution is -0.116. The van der Waals surface area contributed by atoms with Crippen molar-refractivity contribution < 1.29 is 9.32 Å². The van der Waals surface area contributed by atoms with Gasteiger partial charge in [0.05, 0.1) is 11.3 Å². The van der Waals surface area contributed by atoms with Crippen LogP contribution in [0.1, 0.15) is 47.1 Å². The third kappa shape index (κ3) is 3.10. The minimum atomic E-state index is -0.132. The standard InChI is InChI=1S/C24H22N2O2S/c1-14-21-22(16-8-10-18(29-2)11-9-16)23-19(25-24(21)28-26-14)12-17(13-20(23)27)15-6-4-3-5-7-15/h3-11,17,22,25H,12-13H2,1-2H3/t17-,22-/m1/s1. The number of carbonyl (C=O) groups excluding carboxylic acids is 1. The quantitative estimate of drug-likeness (QED) is 0.573. The summed E-state index contributed by atoms with van der Waals surface area (Å²) in [6.07, 6.45) is 3.39. The maximum absolute atomic E-state index is 13.4. The van der Waals surface area contributed by atoms with Gasteiger partial charge in [-0.25, -0.2) is 0 Å². The number of hydrogen-bond donors (Lipinski definition) is 1. The summed E-state index contributed by atoms with van der Waals surface area (Å²) < 4.78 is 5.60. The fourth-order valence-electron chi connectivity index (χ4n) is 4.56. The molecule has 4 nitrogen and oxygen atoms in total. The largest absolute Gasteiger partial charge is 0.338 e. The number of aryl methyl sites for hydroxylation is 1. The van der Waals surface area contributed by atoms with Crippen LogP contribution in [0.15, 0.2) is 75.3 Å². The Morgan fingerprint density at radius 1 is 1.03 bits per heavy atom. The highest BCUT2D eigenvalue weighted by Crippen LogP contribution is 2.49. The van der Waals surface area contributed by atoms with Crippen molar-refractivity contribution in [2.24, 2.45) is 0 Å². The van der Waals surface area contributed by atoms with Crippen molar-refractivity contribution in [3.63, 3.8) is 0 Å². The zero-order valence-corrected chi connectivity index (χ0v) is 17.3. The molecule has 29 heavy (non-hydrogen) atoms. The number of nitrogens with zero attached hydrogens (tertiary/aromatic N) is 1. The molecule has 1 aromatic heterocycles. The van der Waals surface area contributed by atoms with E-state index in [4.69, 9.17) is 4.52 Å². The third-order valence-electron chi connectivity index (χ3n) is 5.98. The van der Waals surface area contributed by atoms with E-state index in [1.165, 1.54) is 10.5 Å². The first-order valence-corrected chi connectivity index (χ1v) is 11.1. The zero-order valence-electron chi connectivity index (χ0n) is 16.4. The van der Waals surface area contributed by atoms with Crippen molar-refractivity contribution in [3.05, 3.63) is 88.3 Å².